The fraction of sp³-hybridized carbons (Fsp3) is 0.111. The zero-order chi connectivity index (χ0) is 9.10. The van der Waals surface area contributed by atoms with Crippen LogP contribution in [0.3, 0.4) is 0 Å². The maximum absolute atomic E-state index is 12.2. The molecular formula is C9H8FN3. The smallest absolute Gasteiger partial charge is 0.131 e. The van der Waals surface area contributed by atoms with E-state index in [1.54, 1.807) is 12.3 Å². The third-order valence-corrected chi connectivity index (χ3v) is 1.70. The highest BCUT2D eigenvalue weighted by molar-refractivity contribution is 5.53. The number of H-pyrrole nitrogens is 1. The Labute approximate surface area is 74.6 Å². The van der Waals surface area contributed by atoms with Gasteiger partial charge in [0.25, 0.3) is 0 Å². The molecule has 13 heavy (non-hydrogen) atoms. The van der Waals surface area contributed by atoms with E-state index < -0.39 is 6.67 Å². The number of halogens is 1. The van der Waals surface area contributed by atoms with Gasteiger partial charge in [0.2, 0.25) is 0 Å². The first-order valence-corrected chi connectivity index (χ1v) is 3.92. The van der Waals surface area contributed by atoms with Gasteiger partial charge in [0, 0.05) is 6.20 Å². The van der Waals surface area contributed by atoms with Crippen molar-refractivity contribution >= 4 is 0 Å². The standard InChI is InChI=1S/C9H8FN3/c10-6-7-5-9(13-12-7)8-3-1-2-4-11-8/h1-5H,6H2,(H,12,13). The molecule has 2 heterocycles. The van der Waals surface area contributed by atoms with Crippen LogP contribution in [0.15, 0.2) is 30.5 Å². The molecule has 0 aliphatic heterocycles. The Morgan fingerprint density at radius 3 is 2.85 bits per heavy atom. The Morgan fingerprint density at radius 1 is 1.31 bits per heavy atom. The Balaban J connectivity index is 2.36. The predicted octanol–water partition coefficient (Wildman–Crippen LogP) is 1.94. The number of pyridine rings is 1. The first kappa shape index (κ1) is 7.91. The molecule has 0 aliphatic rings. The van der Waals surface area contributed by atoms with Crippen molar-refractivity contribution in [2.75, 3.05) is 0 Å². The highest BCUT2D eigenvalue weighted by Crippen LogP contribution is 2.14. The number of hydrogen-bond donors (Lipinski definition) is 1. The molecule has 0 amide bonds. The van der Waals surface area contributed by atoms with Crippen LogP contribution in [0.2, 0.25) is 0 Å². The number of aromatic amines is 1. The topological polar surface area (TPSA) is 41.6 Å². The molecule has 2 aromatic heterocycles. The van der Waals surface area contributed by atoms with E-state index in [-0.39, 0.29) is 0 Å². The molecule has 0 atom stereocenters. The van der Waals surface area contributed by atoms with Crippen molar-refractivity contribution in [2.45, 2.75) is 6.67 Å². The summed E-state index contributed by atoms with van der Waals surface area (Å²) in [7, 11) is 0. The molecule has 0 spiro atoms. The summed E-state index contributed by atoms with van der Waals surface area (Å²) >= 11 is 0. The number of rotatable bonds is 2. The van der Waals surface area contributed by atoms with Crippen LogP contribution in [0.1, 0.15) is 5.69 Å². The number of nitrogens with one attached hydrogen (secondary N) is 1. The van der Waals surface area contributed by atoms with E-state index in [2.05, 4.69) is 15.2 Å². The number of alkyl halides is 1. The SMILES string of the molecule is FCc1cc(-c2ccccn2)n[nH]1. The average Bonchev–Trinajstić information content (AvgIpc) is 2.67. The van der Waals surface area contributed by atoms with Gasteiger partial charge in [-0.25, -0.2) is 4.39 Å². The van der Waals surface area contributed by atoms with Crippen molar-refractivity contribution in [1.82, 2.24) is 15.2 Å². The third-order valence-electron chi connectivity index (χ3n) is 1.70. The molecule has 2 rings (SSSR count). The van der Waals surface area contributed by atoms with Gasteiger partial charge in [-0.05, 0) is 18.2 Å². The lowest BCUT2D eigenvalue weighted by Gasteiger charge is -1.91. The molecule has 0 saturated carbocycles. The van der Waals surface area contributed by atoms with Crippen LogP contribution < -0.4 is 0 Å². The van der Waals surface area contributed by atoms with E-state index in [4.69, 9.17) is 0 Å². The zero-order valence-corrected chi connectivity index (χ0v) is 6.87. The van der Waals surface area contributed by atoms with Gasteiger partial charge in [-0.3, -0.25) is 10.1 Å². The fourth-order valence-corrected chi connectivity index (χ4v) is 1.08. The van der Waals surface area contributed by atoms with Crippen LogP contribution in [0.4, 0.5) is 4.39 Å². The minimum absolute atomic E-state index is 0.473. The first-order chi connectivity index (χ1) is 6.40. The molecular weight excluding hydrogens is 169 g/mol. The summed E-state index contributed by atoms with van der Waals surface area (Å²) in [6.07, 6.45) is 1.68. The summed E-state index contributed by atoms with van der Waals surface area (Å²) in [6.45, 7) is -0.528. The maximum Gasteiger partial charge on any atom is 0.131 e. The van der Waals surface area contributed by atoms with E-state index >= 15 is 0 Å². The Bertz CT molecular complexity index is 383. The molecule has 0 unspecified atom stereocenters. The van der Waals surface area contributed by atoms with Gasteiger partial charge in [0.05, 0.1) is 11.4 Å². The fourth-order valence-electron chi connectivity index (χ4n) is 1.08. The Hall–Kier alpha value is -1.71. The van der Waals surface area contributed by atoms with Crippen molar-refractivity contribution in [3.63, 3.8) is 0 Å². The van der Waals surface area contributed by atoms with E-state index in [1.165, 1.54) is 0 Å². The van der Waals surface area contributed by atoms with Gasteiger partial charge < -0.3 is 0 Å². The summed E-state index contributed by atoms with van der Waals surface area (Å²) in [5.74, 6) is 0. The van der Waals surface area contributed by atoms with Crippen molar-refractivity contribution in [3.8, 4) is 11.4 Å². The number of aromatic nitrogens is 3. The molecule has 2 aromatic rings. The third kappa shape index (κ3) is 1.56. The number of nitrogens with zero attached hydrogens (tertiary/aromatic N) is 2. The second-order valence-corrected chi connectivity index (χ2v) is 2.63. The normalized spacial score (nSPS) is 10.2. The average molecular weight is 177 g/mol. The van der Waals surface area contributed by atoms with Gasteiger partial charge >= 0.3 is 0 Å². The van der Waals surface area contributed by atoms with Crippen molar-refractivity contribution in [1.29, 1.82) is 0 Å². The highest BCUT2D eigenvalue weighted by atomic mass is 19.1. The minimum Gasteiger partial charge on any atom is -0.279 e. The molecule has 1 N–H and O–H groups in total. The molecule has 3 nitrogen and oxygen atoms in total. The molecule has 0 radical (unpaired) electrons. The summed E-state index contributed by atoms with van der Waals surface area (Å²) in [5, 5.41) is 6.52. The Morgan fingerprint density at radius 2 is 2.23 bits per heavy atom. The van der Waals surface area contributed by atoms with E-state index in [1.807, 2.05) is 18.2 Å². The van der Waals surface area contributed by atoms with Crippen LogP contribution >= 0.6 is 0 Å². The number of hydrogen-bond acceptors (Lipinski definition) is 2. The summed E-state index contributed by atoms with van der Waals surface area (Å²) in [6, 6.07) is 7.18. The van der Waals surface area contributed by atoms with Gasteiger partial charge in [0.15, 0.2) is 0 Å². The largest absolute Gasteiger partial charge is 0.279 e. The van der Waals surface area contributed by atoms with Crippen molar-refractivity contribution in [2.24, 2.45) is 0 Å². The second-order valence-electron chi connectivity index (χ2n) is 2.63. The first-order valence-electron chi connectivity index (χ1n) is 3.92. The van der Waals surface area contributed by atoms with Crippen LogP contribution in [0.5, 0.6) is 0 Å². The molecule has 0 aliphatic carbocycles. The van der Waals surface area contributed by atoms with Crippen molar-refractivity contribution in [3.05, 3.63) is 36.2 Å². The molecule has 0 bridgehead atoms. The minimum atomic E-state index is -0.528. The van der Waals surface area contributed by atoms with Crippen LogP contribution in [0, 0.1) is 0 Å². The molecule has 0 fully saturated rings. The van der Waals surface area contributed by atoms with E-state index in [9.17, 15) is 4.39 Å². The van der Waals surface area contributed by atoms with Crippen molar-refractivity contribution < 1.29 is 4.39 Å². The van der Waals surface area contributed by atoms with E-state index in [0.717, 1.165) is 5.69 Å². The quantitative estimate of drug-likeness (QED) is 0.761. The van der Waals surface area contributed by atoms with Gasteiger partial charge in [-0.1, -0.05) is 6.07 Å². The lowest BCUT2D eigenvalue weighted by atomic mass is 10.2. The molecule has 0 aromatic carbocycles. The lowest BCUT2D eigenvalue weighted by Crippen LogP contribution is -1.80. The highest BCUT2D eigenvalue weighted by Gasteiger charge is 2.03. The monoisotopic (exact) mass is 177 g/mol. The summed E-state index contributed by atoms with van der Waals surface area (Å²) in [5.41, 5.74) is 1.90. The molecule has 4 heteroatoms. The van der Waals surface area contributed by atoms with Gasteiger partial charge in [-0.2, -0.15) is 5.10 Å². The molecule has 0 saturated heterocycles. The maximum atomic E-state index is 12.2. The zero-order valence-electron chi connectivity index (χ0n) is 6.87. The Kier molecular flexibility index (Phi) is 2.04. The summed E-state index contributed by atoms with van der Waals surface area (Å²) in [4.78, 5) is 4.09. The van der Waals surface area contributed by atoms with Gasteiger partial charge in [0.1, 0.15) is 12.4 Å². The van der Waals surface area contributed by atoms with E-state index in [0.29, 0.717) is 11.4 Å². The van der Waals surface area contributed by atoms with Crippen LogP contribution in [-0.2, 0) is 6.67 Å². The summed E-state index contributed by atoms with van der Waals surface area (Å²) < 4.78 is 12.2. The van der Waals surface area contributed by atoms with Gasteiger partial charge in [-0.15, -0.1) is 0 Å². The van der Waals surface area contributed by atoms with Crippen LogP contribution in [-0.4, -0.2) is 15.2 Å². The predicted molar refractivity (Wildman–Crippen MR) is 46.6 cm³/mol. The molecule has 66 valence electrons. The second kappa shape index (κ2) is 3.35. The van der Waals surface area contributed by atoms with Crippen LogP contribution in [0.25, 0.3) is 11.4 Å². The lowest BCUT2D eigenvalue weighted by molar-refractivity contribution is 0.475.